The lowest BCUT2D eigenvalue weighted by atomic mass is 9.93. The van der Waals surface area contributed by atoms with Crippen molar-refractivity contribution in [1.29, 1.82) is 0 Å². The summed E-state index contributed by atoms with van der Waals surface area (Å²) in [6.07, 6.45) is 5.08. The highest BCUT2D eigenvalue weighted by molar-refractivity contribution is 5.97. The summed E-state index contributed by atoms with van der Waals surface area (Å²) in [6.45, 7) is 5.89. The van der Waals surface area contributed by atoms with Gasteiger partial charge in [-0.3, -0.25) is 14.4 Å². The Kier molecular flexibility index (Phi) is 13.2. The van der Waals surface area contributed by atoms with Crippen LogP contribution in [-0.4, -0.2) is 102 Å². The molecule has 0 radical (unpaired) electrons. The van der Waals surface area contributed by atoms with Crippen LogP contribution in [0.5, 0.6) is 0 Å². The summed E-state index contributed by atoms with van der Waals surface area (Å²) in [5.74, 6) is -1.41. The molecule has 2 fully saturated rings. The molecule has 4 N–H and O–H groups in total. The summed E-state index contributed by atoms with van der Waals surface area (Å²) >= 11 is 0. The summed E-state index contributed by atoms with van der Waals surface area (Å²) in [7, 11) is 0. The molecule has 1 aromatic heterocycles. The number of unbranched alkanes of at least 4 members (excludes halogenated alkanes) is 2. The third kappa shape index (κ3) is 9.90. The van der Waals surface area contributed by atoms with Gasteiger partial charge in [0.2, 0.25) is 5.91 Å². The quantitative estimate of drug-likeness (QED) is 0.263. The molecule has 0 spiro atoms. The molecule has 0 saturated carbocycles. The molecule has 2 aliphatic heterocycles. The van der Waals surface area contributed by atoms with E-state index in [1.54, 1.807) is 15.9 Å². The summed E-state index contributed by atoms with van der Waals surface area (Å²) in [5, 5.41) is 12.2. The molecule has 4 rings (SSSR count). The lowest BCUT2D eigenvalue weighted by Gasteiger charge is -2.36. The number of nitrogens with one attached hydrogen (secondary N) is 1. The summed E-state index contributed by atoms with van der Waals surface area (Å²) in [6, 6.07) is 12.3. The average molecular weight is 637 g/mol. The number of hydrogen-bond donors (Lipinski definition) is 3. The number of piperidine rings is 1. The van der Waals surface area contributed by atoms with E-state index in [1.165, 1.54) is 0 Å². The SMILES string of the molecule is CCCCCOC(=O)N1CCN(C(=O)[C@H](CCC(=O)O)NC(=O)c2cc(N3CCC(CCN)CC3)cc(-c3ccccc3)n2)CC1. The standard InChI is InChI=1S/C34H48N6O6/c1-2-3-7-22-46-34(45)40-20-18-39(19-21-40)33(44)28(10-11-31(41)42)37-32(43)30-24-27(38-16-13-25(12-15-35)14-17-38)23-29(36-30)26-8-5-4-6-9-26/h4-6,8-9,23-25,28H,2-3,7,10-22,35H2,1H3,(H,37,43)(H,41,42)/t28-/m0/s1. The summed E-state index contributed by atoms with van der Waals surface area (Å²) < 4.78 is 5.35. The Morgan fingerprint density at radius 2 is 1.70 bits per heavy atom. The number of amides is 3. The van der Waals surface area contributed by atoms with Gasteiger partial charge >= 0.3 is 12.1 Å². The fourth-order valence-corrected chi connectivity index (χ4v) is 5.98. The number of rotatable bonds is 14. The second kappa shape index (κ2) is 17.5. The van der Waals surface area contributed by atoms with Crippen LogP contribution in [0.25, 0.3) is 11.3 Å². The van der Waals surface area contributed by atoms with Crippen LogP contribution in [0.1, 0.15) is 68.8 Å². The van der Waals surface area contributed by atoms with Crippen molar-refractivity contribution in [1.82, 2.24) is 20.1 Å². The Morgan fingerprint density at radius 3 is 2.35 bits per heavy atom. The fourth-order valence-electron chi connectivity index (χ4n) is 5.98. The predicted octanol–water partition coefficient (Wildman–Crippen LogP) is 3.75. The second-order valence-corrected chi connectivity index (χ2v) is 12.1. The van der Waals surface area contributed by atoms with E-state index in [-0.39, 0.29) is 37.5 Å². The normalized spacial score (nSPS) is 16.2. The highest BCUT2D eigenvalue weighted by atomic mass is 16.6. The molecule has 3 amide bonds. The third-order valence-electron chi connectivity index (χ3n) is 8.74. The lowest BCUT2D eigenvalue weighted by molar-refractivity contribution is -0.138. The molecule has 0 bridgehead atoms. The molecule has 2 aliphatic rings. The first kappa shape index (κ1) is 34.7. The molecular formula is C34H48N6O6. The van der Waals surface area contributed by atoms with E-state index in [0.29, 0.717) is 37.9 Å². The summed E-state index contributed by atoms with van der Waals surface area (Å²) in [5.41, 5.74) is 8.31. The van der Waals surface area contributed by atoms with Crippen molar-refractivity contribution in [3.63, 3.8) is 0 Å². The number of carboxylic acids is 1. The van der Waals surface area contributed by atoms with E-state index >= 15 is 0 Å². The molecule has 0 aliphatic carbocycles. The van der Waals surface area contributed by atoms with Crippen molar-refractivity contribution in [2.75, 3.05) is 57.3 Å². The maximum atomic E-state index is 13.7. The van der Waals surface area contributed by atoms with Gasteiger partial charge in [0.25, 0.3) is 5.91 Å². The second-order valence-electron chi connectivity index (χ2n) is 12.1. The number of nitrogens with two attached hydrogens (primary N) is 1. The molecule has 1 atom stereocenters. The van der Waals surface area contributed by atoms with Crippen LogP contribution in [0.15, 0.2) is 42.5 Å². The van der Waals surface area contributed by atoms with E-state index in [9.17, 15) is 24.3 Å². The molecule has 1 aromatic carbocycles. The zero-order valence-corrected chi connectivity index (χ0v) is 26.9. The van der Waals surface area contributed by atoms with E-state index in [0.717, 1.165) is 62.9 Å². The van der Waals surface area contributed by atoms with E-state index in [1.807, 2.05) is 36.4 Å². The van der Waals surface area contributed by atoms with Gasteiger partial charge in [0, 0.05) is 56.9 Å². The monoisotopic (exact) mass is 636 g/mol. The topological polar surface area (TPSA) is 158 Å². The van der Waals surface area contributed by atoms with Crippen LogP contribution < -0.4 is 16.0 Å². The van der Waals surface area contributed by atoms with E-state index in [2.05, 4.69) is 22.1 Å². The van der Waals surface area contributed by atoms with Crippen molar-refractivity contribution in [2.24, 2.45) is 11.7 Å². The van der Waals surface area contributed by atoms with Gasteiger partial charge in [-0.2, -0.15) is 0 Å². The van der Waals surface area contributed by atoms with Crippen molar-refractivity contribution in [2.45, 2.75) is 64.3 Å². The number of benzene rings is 1. The van der Waals surface area contributed by atoms with Gasteiger partial charge in [-0.1, -0.05) is 50.1 Å². The van der Waals surface area contributed by atoms with Crippen molar-refractivity contribution < 1.29 is 29.0 Å². The Labute approximate surface area is 271 Å². The number of ether oxygens (including phenoxy) is 1. The molecule has 12 heteroatoms. The fraction of sp³-hybridized carbons (Fsp3) is 0.559. The molecular weight excluding hydrogens is 588 g/mol. The van der Waals surface area contributed by atoms with E-state index < -0.39 is 24.0 Å². The van der Waals surface area contributed by atoms with Gasteiger partial charge in [0.1, 0.15) is 11.7 Å². The Morgan fingerprint density at radius 1 is 1.00 bits per heavy atom. The first-order chi connectivity index (χ1) is 22.3. The van der Waals surface area contributed by atoms with Gasteiger partial charge in [-0.25, -0.2) is 9.78 Å². The van der Waals surface area contributed by atoms with Gasteiger partial charge in [0.05, 0.1) is 12.3 Å². The molecule has 2 saturated heterocycles. The Hall–Kier alpha value is -4.19. The molecule has 250 valence electrons. The minimum absolute atomic E-state index is 0.0700. The van der Waals surface area contributed by atoms with Crippen LogP contribution >= 0.6 is 0 Å². The zero-order valence-electron chi connectivity index (χ0n) is 26.9. The van der Waals surface area contributed by atoms with Gasteiger partial charge in [-0.05, 0) is 56.7 Å². The molecule has 0 unspecified atom stereocenters. The molecule has 12 nitrogen and oxygen atoms in total. The third-order valence-corrected chi connectivity index (χ3v) is 8.74. The number of hydrogen-bond acceptors (Lipinski definition) is 8. The van der Waals surface area contributed by atoms with Gasteiger partial charge in [-0.15, -0.1) is 0 Å². The van der Waals surface area contributed by atoms with Gasteiger partial charge < -0.3 is 35.6 Å². The lowest BCUT2D eigenvalue weighted by Crippen LogP contribution is -2.56. The van der Waals surface area contributed by atoms with Crippen molar-refractivity contribution in [3.05, 3.63) is 48.2 Å². The van der Waals surface area contributed by atoms with Crippen LogP contribution in [0.4, 0.5) is 10.5 Å². The van der Waals surface area contributed by atoms with Crippen LogP contribution in [0.3, 0.4) is 0 Å². The maximum Gasteiger partial charge on any atom is 0.409 e. The Bertz CT molecular complexity index is 1310. The Balaban J connectivity index is 1.48. The van der Waals surface area contributed by atoms with Crippen molar-refractivity contribution >= 4 is 29.6 Å². The zero-order chi connectivity index (χ0) is 32.9. The molecule has 46 heavy (non-hydrogen) atoms. The molecule has 3 heterocycles. The van der Waals surface area contributed by atoms with Crippen LogP contribution in [0.2, 0.25) is 0 Å². The van der Waals surface area contributed by atoms with Crippen molar-refractivity contribution in [3.8, 4) is 11.3 Å². The first-order valence-corrected chi connectivity index (χ1v) is 16.5. The number of carbonyl (C=O) groups is 4. The average Bonchev–Trinajstić information content (AvgIpc) is 3.08. The predicted molar refractivity (Wildman–Crippen MR) is 175 cm³/mol. The smallest absolute Gasteiger partial charge is 0.409 e. The maximum absolute atomic E-state index is 13.7. The number of carbonyl (C=O) groups excluding carboxylic acids is 3. The van der Waals surface area contributed by atoms with E-state index in [4.69, 9.17) is 10.5 Å². The minimum Gasteiger partial charge on any atom is -0.481 e. The number of carboxylic acid groups (broad SMARTS) is 1. The highest BCUT2D eigenvalue weighted by Crippen LogP contribution is 2.29. The van der Waals surface area contributed by atoms with Gasteiger partial charge in [0.15, 0.2) is 0 Å². The van der Waals surface area contributed by atoms with Crippen LogP contribution in [0, 0.1) is 5.92 Å². The largest absolute Gasteiger partial charge is 0.481 e. The minimum atomic E-state index is -1.06. The summed E-state index contributed by atoms with van der Waals surface area (Å²) in [4.78, 5) is 61.3. The first-order valence-electron chi connectivity index (χ1n) is 16.5. The number of piperazine rings is 1. The number of aliphatic carboxylic acids is 1. The number of nitrogens with zero attached hydrogens (tertiary/aromatic N) is 4. The number of pyridine rings is 1. The highest BCUT2D eigenvalue weighted by Gasteiger charge is 2.31. The number of aromatic nitrogens is 1. The number of anilines is 1. The molecule has 2 aromatic rings. The van der Waals surface area contributed by atoms with Crippen LogP contribution in [-0.2, 0) is 14.3 Å².